The average molecular weight is 287 g/mol. The van der Waals surface area contributed by atoms with Gasteiger partial charge in [0.05, 0.1) is 5.56 Å². The van der Waals surface area contributed by atoms with Crippen molar-refractivity contribution in [2.24, 2.45) is 0 Å². The van der Waals surface area contributed by atoms with Crippen LogP contribution in [-0.4, -0.2) is 17.4 Å². The molecule has 0 unspecified atom stereocenters. The number of nitrogens with zero attached hydrogens (tertiary/aromatic N) is 1. The molecule has 3 nitrogen and oxygen atoms in total. The van der Waals surface area contributed by atoms with Gasteiger partial charge in [-0.1, -0.05) is 23.7 Å². The Balaban J connectivity index is 1.68. The number of pyridine rings is 1. The second-order valence-electron chi connectivity index (χ2n) is 5.22. The van der Waals surface area contributed by atoms with Gasteiger partial charge in [0, 0.05) is 29.4 Å². The molecule has 102 valence electrons. The Morgan fingerprint density at radius 3 is 2.80 bits per heavy atom. The summed E-state index contributed by atoms with van der Waals surface area (Å²) in [6, 6.07) is 11.4. The van der Waals surface area contributed by atoms with Crippen molar-refractivity contribution in [3.63, 3.8) is 0 Å². The van der Waals surface area contributed by atoms with Crippen molar-refractivity contribution in [3.05, 3.63) is 64.9 Å². The van der Waals surface area contributed by atoms with Gasteiger partial charge in [0.1, 0.15) is 0 Å². The van der Waals surface area contributed by atoms with Gasteiger partial charge in [-0.3, -0.25) is 9.78 Å². The maximum absolute atomic E-state index is 12.0. The molecule has 1 N–H and O–H groups in total. The van der Waals surface area contributed by atoms with Crippen LogP contribution in [0.25, 0.3) is 0 Å². The normalized spacial score (nSPS) is 15.7. The van der Waals surface area contributed by atoms with Crippen LogP contribution in [0.4, 0.5) is 0 Å². The first kappa shape index (κ1) is 13.1. The fourth-order valence-corrected chi connectivity index (χ4v) is 2.58. The molecule has 0 bridgehead atoms. The number of benzene rings is 1. The zero-order valence-electron chi connectivity index (χ0n) is 11.0. The molecule has 1 amide bonds. The lowest BCUT2D eigenvalue weighted by atomic mass is 9.96. The number of nitrogens with one attached hydrogen (secondary N) is 1. The third-order valence-electron chi connectivity index (χ3n) is 3.80. The standard InChI is InChI=1S/C16H15ClN2O/c17-14-5-1-4-13(9-14)16(6-7-16)11-19-15(20)12-3-2-8-18-10-12/h1-5,8-10H,6-7,11H2,(H,19,20). The molecule has 1 fully saturated rings. The summed E-state index contributed by atoms with van der Waals surface area (Å²) in [7, 11) is 0. The van der Waals surface area contributed by atoms with E-state index in [1.165, 1.54) is 5.56 Å². The van der Waals surface area contributed by atoms with Crippen molar-refractivity contribution in [3.8, 4) is 0 Å². The Bertz CT molecular complexity index is 623. The Kier molecular flexibility index (Phi) is 3.45. The SMILES string of the molecule is O=C(NCC1(c2cccc(Cl)c2)CC1)c1cccnc1. The minimum Gasteiger partial charge on any atom is -0.351 e. The highest BCUT2D eigenvalue weighted by atomic mass is 35.5. The van der Waals surface area contributed by atoms with Crippen LogP contribution in [0.5, 0.6) is 0 Å². The fraction of sp³-hybridized carbons (Fsp3) is 0.250. The maximum atomic E-state index is 12.0. The molecule has 1 aromatic carbocycles. The fourth-order valence-electron chi connectivity index (χ4n) is 2.39. The Morgan fingerprint density at radius 2 is 2.15 bits per heavy atom. The van der Waals surface area contributed by atoms with Crippen LogP contribution >= 0.6 is 11.6 Å². The number of aromatic nitrogens is 1. The molecule has 4 heteroatoms. The summed E-state index contributed by atoms with van der Waals surface area (Å²) < 4.78 is 0. The highest BCUT2D eigenvalue weighted by molar-refractivity contribution is 6.30. The highest BCUT2D eigenvalue weighted by Gasteiger charge is 2.44. The second kappa shape index (κ2) is 5.25. The van der Waals surface area contributed by atoms with Gasteiger partial charge in [0.25, 0.3) is 5.91 Å². The van der Waals surface area contributed by atoms with E-state index in [2.05, 4.69) is 16.4 Å². The van der Waals surface area contributed by atoms with Gasteiger partial charge in [-0.05, 0) is 42.7 Å². The number of hydrogen-bond acceptors (Lipinski definition) is 2. The highest BCUT2D eigenvalue weighted by Crippen LogP contribution is 2.48. The quantitative estimate of drug-likeness (QED) is 0.938. The number of carbonyl (C=O) groups excluding carboxylic acids is 1. The predicted octanol–water partition coefficient (Wildman–Crippen LogP) is 3.20. The molecule has 1 aliphatic carbocycles. The smallest absolute Gasteiger partial charge is 0.252 e. The monoisotopic (exact) mass is 286 g/mol. The van der Waals surface area contributed by atoms with Crippen LogP contribution in [0.2, 0.25) is 5.02 Å². The van der Waals surface area contributed by atoms with E-state index in [4.69, 9.17) is 11.6 Å². The van der Waals surface area contributed by atoms with Crippen molar-refractivity contribution in [2.45, 2.75) is 18.3 Å². The molecule has 0 saturated heterocycles. The summed E-state index contributed by atoms with van der Waals surface area (Å²) >= 11 is 6.04. The van der Waals surface area contributed by atoms with Gasteiger partial charge in [-0.15, -0.1) is 0 Å². The van der Waals surface area contributed by atoms with Crippen LogP contribution in [0.3, 0.4) is 0 Å². The summed E-state index contributed by atoms with van der Waals surface area (Å²) in [5.74, 6) is -0.0774. The third-order valence-corrected chi connectivity index (χ3v) is 4.04. The molecule has 2 aromatic rings. The lowest BCUT2D eigenvalue weighted by molar-refractivity contribution is 0.0949. The third kappa shape index (κ3) is 2.68. The number of carbonyl (C=O) groups is 1. The van der Waals surface area contributed by atoms with E-state index < -0.39 is 0 Å². The van der Waals surface area contributed by atoms with Crippen LogP contribution in [0.1, 0.15) is 28.8 Å². The van der Waals surface area contributed by atoms with E-state index in [9.17, 15) is 4.79 Å². The summed E-state index contributed by atoms with van der Waals surface area (Å²) in [5, 5.41) is 3.74. The van der Waals surface area contributed by atoms with Crippen molar-refractivity contribution >= 4 is 17.5 Å². The largest absolute Gasteiger partial charge is 0.351 e. The van der Waals surface area contributed by atoms with Crippen LogP contribution < -0.4 is 5.32 Å². The Labute approximate surface area is 123 Å². The summed E-state index contributed by atoms with van der Waals surface area (Å²) in [5.41, 5.74) is 1.86. The number of halogens is 1. The van der Waals surface area contributed by atoms with Gasteiger partial charge >= 0.3 is 0 Å². The first-order valence-electron chi connectivity index (χ1n) is 6.64. The number of hydrogen-bond donors (Lipinski definition) is 1. The van der Waals surface area contributed by atoms with E-state index >= 15 is 0 Å². The molecule has 0 aliphatic heterocycles. The molecule has 1 aliphatic rings. The lowest BCUT2D eigenvalue weighted by Gasteiger charge is -2.17. The Morgan fingerprint density at radius 1 is 1.30 bits per heavy atom. The van der Waals surface area contributed by atoms with E-state index in [0.717, 1.165) is 17.9 Å². The predicted molar refractivity (Wildman–Crippen MR) is 78.9 cm³/mol. The maximum Gasteiger partial charge on any atom is 0.252 e. The number of rotatable bonds is 4. The molecule has 3 rings (SSSR count). The minimum absolute atomic E-state index is 0.0583. The second-order valence-corrected chi connectivity index (χ2v) is 5.65. The molecule has 1 aromatic heterocycles. The first-order chi connectivity index (χ1) is 9.70. The van der Waals surface area contributed by atoms with Crippen LogP contribution in [0, 0.1) is 0 Å². The molecule has 0 atom stereocenters. The first-order valence-corrected chi connectivity index (χ1v) is 7.02. The average Bonchev–Trinajstić information content (AvgIpc) is 3.27. The summed E-state index contributed by atoms with van der Waals surface area (Å²) in [6.45, 7) is 0.640. The van der Waals surface area contributed by atoms with Gasteiger partial charge in [0.2, 0.25) is 0 Å². The molecule has 20 heavy (non-hydrogen) atoms. The molecular weight excluding hydrogens is 272 g/mol. The molecule has 1 saturated carbocycles. The zero-order chi connectivity index (χ0) is 14.0. The summed E-state index contributed by atoms with van der Waals surface area (Å²) in [6.07, 6.45) is 5.40. The molecule has 0 spiro atoms. The van der Waals surface area contributed by atoms with E-state index in [0.29, 0.717) is 12.1 Å². The van der Waals surface area contributed by atoms with Crippen molar-refractivity contribution < 1.29 is 4.79 Å². The van der Waals surface area contributed by atoms with E-state index in [1.807, 2.05) is 18.2 Å². The topological polar surface area (TPSA) is 42.0 Å². The van der Waals surface area contributed by atoms with E-state index in [1.54, 1.807) is 24.5 Å². The van der Waals surface area contributed by atoms with Gasteiger partial charge in [0.15, 0.2) is 0 Å². The Hall–Kier alpha value is -1.87. The number of amides is 1. The summed E-state index contributed by atoms with van der Waals surface area (Å²) in [4.78, 5) is 16.0. The molecular formula is C16H15ClN2O. The lowest BCUT2D eigenvalue weighted by Crippen LogP contribution is -2.32. The van der Waals surface area contributed by atoms with Gasteiger partial charge < -0.3 is 5.32 Å². The molecule has 1 heterocycles. The molecule has 0 radical (unpaired) electrons. The van der Waals surface area contributed by atoms with Gasteiger partial charge in [-0.2, -0.15) is 0 Å². The van der Waals surface area contributed by atoms with Crippen molar-refractivity contribution in [1.29, 1.82) is 0 Å². The van der Waals surface area contributed by atoms with Crippen molar-refractivity contribution in [2.75, 3.05) is 6.54 Å². The van der Waals surface area contributed by atoms with Crippen LogP contribution in [-0.2, 0) is 5.41 Å². The van der Waals surface area contributed by atoms with E-state index in [-0.39, 0.29) is 11.3 Å². The van der Waals surface area contributed by atoms with Crippen molar-refractivity contribution in [1.82, 2.24) is 10.3 Å². The van der Waals surface area contributed by atoms with Gasteiger partial charge in [-0.25, -0.2) is 0 Å². The zero-order valence-corrected chi connectivity index (χ0v) is 11.7. The van der Waals surface area contributed by atoms with Crippen LogP contribution in [0.15, 0.2) is 48.8 Å². The minimum atomic E-state index is -0.0774.